The number of piperidine rings is 1. The minimum Gasteiger partial charge on any atom is -0.480 e. The van der Waals surface area contributed by atoms with Crippen LogP contribution in [-0.4, -0.2) is 23.7 Å². The summed E-state index contributed by atoms with van der Waals surface area (Å²) < 4.78 is 0. The van der Waals surface area contributed by atoms with Crippen molar-refractivity contribution in [1.82, 2.24) is 5.32 Å². The topological polar surface area (TPSA) is 49.3 Å². The summed E-state index contributed by atoms with van der Waals surface area (Å²) in [5, 5.41) is 11.5. The zero-order valence-electron chi connectivity index (χ0n) is 6.54. The molecule has 11 heavy (non-hydrogen) atoms. The lowest BCUT2D eigenvalue weighted by molar-refractivity contribution is -0.140. The first-order valence-electron chi connectivity index (χ1n) is 3.66. The van der Waals surface area contributed by atoms with Crippen molar-refractivity contribution in [2.45, 2.75) is 25.8 Å². The largest absolute Gasteiger partial charge is 0.480 e. The molecule has 1 aliphatic rings. The molecule has 0 spiro atoms. The normalized spacial score (nSPS) is 30.6. The van der Waals surface area contributed by atoms with Crippen LogP contribution in [0.2, 0.25) is 0 Å². The average molecular weight is 180 g/mol. The molecule has 2 atom stereocenters. The minimum absolute atomic E-state index is 0. The van der Waals surface area contributed by atoms with Crippen molar-refractivity contribution in [2.24, 2.45) is 5.92 Å². The average Bonchev–Trinajstić information content (AvgIpc) is 1.88. The fraction of sp³-hybridized carbons (Fsp3) is 0.857. The predicted molar refractivity (Wildman–Crippen MR) is 45.1 cm³/mol. The third-order valence-corrected chi connectivity index (χ3v) is 1.96. The van der Waals surface area contributed by atoms with Crippen molar-refractivity contribution in [2.75, 3.05) is 6.54 Å². The molecule has 1 heterocycles. The Morgan fingerprint density at radius 1 is 1.55 bits per heavy atom. The summed E-state index contributed by atoms with van der Waals surface area (Å²) in [6.07, 6.45) is 1.81. The SMILES string of the molecule is C[C@H]1CC[C@@H](C(=O)O)NC1.Cl. The fourth-order valence-corrected chi connectivity index (χ4v) is 1.21. The maximum absolute atomic E-state index is 10.4. The lowest BCUT2D eigenvalue weighted by atomic mass is 9.97. The summed E-state index contributed by atoms with van der Waals surface area (Å²) in [5.74, 6) is -0.0810. The van der Waals surface area contributed by atoms with E-state index in [1.165, 1.54) is 0 Å². The van der Waals surface area contributed by atoms with Crippen LogP contribution >= 0.6 is 12.4 Å². The number of halogens is 1. The molecule has 0 aromatic heterocycles. The molecule has 0 saturated carbocycles. The smallest absolute Gasteiger partial charge is 0.320 e. The van der Waals surface area contributed by atoms with Crippen LogP contribution in [-0.2, 0) is 4.79 Å². The van der Waals surface area contributed by atoms with Crippen LogP contribution in [0.25, 0.3) is 0 Å². The van der Waals surface area contributed by atoms with Crippen molar-refractivity contribution >= 4 is 18.4 Å². The Kier molecular flexibility index (Phi) is 4.45. The van der Waals surface area contributed by atoms with E-state index in [4.69, 9.17) is 5.11 Å². The fourth-order valence-electron chi connectivity index (χ4n) is 1.21. The molecule has 1 aliphatic heterocycles. The van der Waals surface area contributed by atoms with Gasteiger partial charge in [-0.1, -0.05) is 6.92 Å². The van der Waals surface area contributed by atoms with Crippen molar-refractivity contribution < 1.29 is 9.90 Å². The molecular formula is C7H14ClNO2. The van der Waals surface area contributed by atoms with Gasteiger partial charge >= 0.3 is 5.97 Å². The molecule has 1 saturated heterocycles. The maximum Gasteiger partial charge on any atom is 0.320 e. The number of hydrogen-bond donors (Lipinski definition) is 2. The predicted octanol–water partition coefficient (Wildman–Crippen LogP) is 0.881. The Balaban J connectivity index is 0.000001000. The molecule has 0 unspecified atom stereocenters. The van der Waals surface area contributed by atoms with Crippen LogP contribution < -0.4 is 5.32 Å². The van der Waals surface area contributed by atoms with Gasteiger partial charge in [-0.05, 0) is 25.3 Å². The highest BCUT2D eigenvalue weighted by Crippen LogP contribution is 2.12. The summed E-state index contributed by atoms with van der Waals surface area (Å²) in [4.78, 5) is 10.4. The zero-order valence-corrected chi connectivity index (χ0v) is 7.36. The Morgan fingerprint density at radius 2 is 2.18 bits per heavy atom. The highest BCUT2D eigenvalue weighted by atomic mass is 35.5. The first-order chi connectivity index (χ1) is 4.70. The van der Waals surface area contributed by atoms with Gasteiger partial charge in [0.25, 0.3) is 0 Å². The van der Waals surface area contributed by atoms with Crippen molar-refractivity contribution in [3.63, 3.8) is 0 Å². The molecule has 0 bridgehead atoms. The van der Waals surface area contributed by atoms with Gasteiger partial charge in [-0.15, -0.1) is 12.4 Å². The van der Waals surface area contributed by atoms with E-state index in [1.54, 1.807) is 0 Å². The van der Waals surface area contributed by atoms with Crippen LogP contribution in [0.1, 0.15) is 19.8 Å². The first-order valence-corrected chi connectivity index (χ1v) is 3.66. The van der Waals surface area contributed by atoms with Crippen molar-refractivity contribution in [3.05, 3.63) is 0 Å². The molecule has 1 rings (SSSR count). The van der Waals surface area contributed by atoms with Crippen LogP contribution in [0.3, 0.4) is 0 Å². The molecule has 0 aromatic rings. The van der Waals surface area contributed by atoms with Gasteiger partial charge in [0.2, 0.25) is 0 Å². The third kappa shape index (κ3) is 3.08. The molecule has 66 valence electrons. The molecule has 0 radical (unpaired) electrons. The number of rotatable bonds is 1. The summed E-state index contributed by atoms with van der Waals surface area (Å²) in [6.45, 7) is 2.97. The Labute approximate surface area is 72.6 Å². The first kappa shape index (κ1) is 10.7. The van der Waals surface area contributed by atoms with Gasteiger partial charge in [0.15, 0.2) is 0 Å². The van der Waals surface area contributed by atoms with E-state index in [9.17, 15) is 4.79 Å². The molecule has 2 N–H and O–H groups in total. The van der Waals surface area contributed by atoms with Crippen molar-refractivity contribution in [3.8, 4) is 0 Å². The van der Waals surface area contributed by atoms with E-state index in [0.29, 0.717) is 5.92 Å². The Bertz CT molecular complexity index is 132. The van der Waals surface area contributed by atoms with E-state index < -0.39 is 5.97 Å². The van der Waals surface area contributed by atoms with Crippen LogP contribution in [0.15, 0.2) is 0 Å². The van der Waals surface area contributed by atoms with E-state index in [-0.39, 0.29) is 18.4 Å². The third-order valence-electron chi connectivity index (χ3n) is 1.96. The lowest BCUT2D eigenvalue weighted by Crippen LogP contribution is -2.43. The van der Waals surface area contributed by atoms with Gasteiger partial charge in [-0.2, -0.15) is 0 Å². The van der Waals surface area contributed by atoms with Gasteiger partial charge in [0.1, 0.15) is 6.04 Å². The van der Waals surface area contributed by atoms with E-state index in [0.717, 1.165) is 19.4 Å². The highest BCUT2D eigenvalue weighted by molar-refractivity contribution is 5.85. The minimum atomic E-state index is -0.716. The summed E-state index contributed by atoms with van der Waals surface area (Å²) in [5.41, 5.74) is 0. The van der Waals surface area contributed by atoms with Crippen LogP contribution in [0, 0.1) is 5.92 Å². The van der Waals surface area contributed by atoms with Gasteiger partial charge in [-0.25, -0.2) is 0 Å². The van der Waals surface area contributed by atoms with Crippen LogP contribution in [0.5, 0.6) is 0 Å². The summed E-state index contributed by atoms with van der Waals surface area (Å²) in [6, 6.07) is -0.295. The molecule has 3 nitrogen and oxygen atoms in total. The quantitative estimate of drug-likeness (QED) is 0.629. The number of hydrogen-bond acceptors (Lipinski definition) is 2. The van der Waals surface area contributed by atoms with E-state index in [1.807, 2.05) is 0 Å². The Morgan fingerprint density at radius 3 is 2.55 bits per heavy atom. The second kappa shape index (κ2) is 4.57. The van der Waals surface area contributed by atoms with E-state index >= 15 is 0 Å². The Hall–Kier alpha value is -0.280. The van der Waals surface area contributed by atoms with E-state index in [2.05, 4.69) is 12.2 Å². The lowest BCUT2D eigenvalue weighted by Gasteiger charge is -2.24. The van der Waals surface area contributed by atoms with Crippen molar-refractivity contribution in [1.29, 1.82) is 0 Å². The highest BCUT2D eigenvalue weighted by Gasteiger charge is 2.22. The van der Waals surface area contributed by atoms with Gasteiger partial charge < -0.3 is 10.4 Å². The second-order valence-corrected chi connectivity index (χ2v) is 2.98. The molecule has 1 fully saturated rings. The molecule has 0 aromatic carbocycles. The maximum atomic E-state index is 10.4. The van der Waals surface area contributed by atoms with Gasteiger partial charge in [-0.3, -0.25) is 4.79 Å². The van der Waals surface area contributed by atoms with Gasteiger partial charge in [0, 0.05) is 0 Å². The number of aliphatic carboxylic acids is 1. The molecular weight excluding hydrogens is 166 g/mol. The monoisotopic (exact) mass is 179 g/mol. The van der Waals surface area contributed by atoms with Crippen LogP contribution in [0.4, 0.5) is 0 Å². The number of nitrogens with one attached hydrogen (secondary N) is 1. The molecule has 4 heteroatoms. The molecule has 0 aliphatic carbocycles. The zero-order chi connectivity index (χ0) is 7.56. The summed E-state index contributed by atoms with van der Waals surface area (Å²) in [7, 11) is 0. The number of carboxylic acids is 1. The van der Waals surface area contributed by atoms with Gasteiger partial charge in [0.05, 0.1) is 0 Å². The number of carboxylic acid groups (broad SMARTS) is 1. The molecule has 0 amide bonds. The summed E-state index contributed by atoms with van der Waals surface area (Å²) >= 11 is 0. The second-order valence-electron chi connectivity index (χ2n) is 2.98. The standard InChI is InChI=1S/C7H13NO2.ClH/c1-5-2-3-6(7(9)10)8-4-5;/h5-6,8H,2-4H2,1H3,(H,9,10);1H/t5-,6-;/m0./s1. The number of carbonyl (C=O) groups is 1.